The number of aromatic amines is 1. The van der Waals surface area contributed by atoms with Crippen LogP contribution in [0.3, 0.4) is 0 Å². The van der Waals surface area contributed by atoms with Crippen molar-refractivity contribution >= 4 is 28.8 Å². The second-order valence-corrected chi connectivity index (χ2v) is 5.63. The summed E-state index contributed by atoms with van der Waals surface area (Å²) in [7, 11) is 0. The maximum absolute atomic E-state index is 12.1. The van der Waals surface area contributed by atoms with Gasteiger partial charge in [0.2, 0.25) is 5.91 Å². The Bertz CT molecular complexity index is 784. The minimum absolute atomic E-state index is 0.0648. The molecule has 1 atom stereocenters. The van der Waals surface area contributed by atoms with Crippen LogP contribution >= 0.6 is 0 Å². The first-order chi connectivity index (χ1) is 11.6. The Hall–Kier alpha value is -2.90. The molecule has 1 aliphatic heterocycles. The molecule has 126 valence electrons. The average molecular weight is 328 g/mol. The molecule has 1 aliphatic rings. The number of likely N-dealkylation sites (tertiary alicyclic amines) is 1. The first-order valence-corrected chi connectivity index (χ1v) is 7.92. The topological polar surface area (TPSA) is 103 Å². The summed E-state index contributed by atoms with van der Waals surface area (Å²) in [4.78, 5) is 37.2. The predicted octanol–water partition coefficient (Wildman–Crippen LogP) is 0.906. The molecular formula is C16H20N6O2. The number of carbonyl (C=O) groups excluding carboxylic acids is 2. The number of amides is 2. The Balaban J connectivity index is 1.76. The van der Waals surface area contributed by atoms with Crippen molar-refractivity contribution in [3.8, 4) is 0 Å². The first kappa shape index (κ1) is 16.0. The maximum atomic E-state index is 12.1. The van der Waals surface area contributed by atoms with Gasteiger partial charge in [-0.05, 0) is 19.4 Å². The highest BCUT2D eigenvalue weighted by Gasteiger charge is 2.25. The smallest absolute Gasteiger partial charge is 0.255 e. The molecular weight excluding hydrogens is 308 g/mol. The molecule has 2 aromatic rings. The van der Waals surface area contributed by atoms with E-state index >= 15 is 0 Å². The van der Waals surface area contributed by atoms with Gasteiger partial charge in [0.25, 0.3) is 5.91 Å². The molecule has 1 fully saturated rings. The van der Waals surface area contributed by atoms with Gasteiger partial charge < -0.3 is 20.5 Å². The first-order valence-electron chi connectivity index (χ1n) is 7.92. The number of aromatic nitrogens is 3. The van der Waals surface area contributed by atoms with Crippen molar-refractivity contribution in [1.29, 1.82) is 0 Å². The Morgan fingerprint density at radius 2 is 2.38 bits per heavy atom. The van der Waals surface area contributed by atoms with E-state index in [2.05, 4.69) is 32.2 Å². The van der Waals surface area contributed by atoms with Crippen LogP contribution in [0.25, 0.3) is 11.2 Å². The zero-order chi connectivity index (χ0) is 17.1. The van der Waals surface area contributed by atoms with Gasteiger partial charge in [0.15, 0.2) is 5.65 Å². The van der Waals surface area contributed by atoms with Crippen molar-refractivity contribution in [2.45, 2.75) is 19.4 Å². The summed E-state index contributed by atoms with van der Waals surface area (Å²) in [5, 5.41) is 6.04. The van der Waals surface area contributed by atoms with Crippen LogP contribution in [0, 0.1) is 0 Å². The zero-order valence-electron chi connectivity index (χ0n) is 13.5. The van der Waals surface area contributed by atoms with E-state index in [1.165, 1.54) is 6.08 Å². The van der Waals surface area contributed by atoms with E-state index in [0.717, 1.165) is 6.42 Å². The van der Waals surface area contributed by atoms with E-state index in [0.29, 0.717) is 42.2 Å². The van der Waals surface area contributed by atoms with E-state index in [4.69, 9.17) is 0 Å². The molecule has 0 radical (unpaired) electrons. The summed E-state index contributed by atoms with van der Waals surface area (Å²) in [5.74, 6) is 0.342. The van der Waals surface area contributed by atoms with Crippen LogP contribution in [0.1, 0.15) is 23.7 Å². The summed E-state index contributed by atoms with van der Waals surface area (Å²) < 4.78 is 0. The lowest BCUT2D eigenvalue weighted by Gasteiger charge is -2.15. The second-order valence-electron chi connectivity index (χ2n) is 5.63. The van der Waals surface area contributed by atoms with Crippen molar-refractivity contribution in [2.24, 2.45) is 0 Å². The molecule has 0 aliphatic carbocycles. The molecule has 0 saturated carbocycles. The lowest BCUT2D eigenvalue weighted by molar-refractivity contribution is -0.125. The zero-order valence-corrected chi connectivity index (χ0v) is 13.5. The van der Waals surface area contributed by atoms with E-state index < -0.39 is 0 Å². The number of rotatable bonds is 5. The minimum Gasteiger partial charge on any atom is -0.364 e. The van der Waals surface area contributed by atoms with Gasteiger partial charge in [-0.25, -0.2) is 9.97 Å². The molecule has 24 heavy (non-hydrogen) atoms. The molecule has 0 aromatic carbocycles. The molecule has 3 rings (SSSR count). The van der Waals surface area contributed by atoms with Gasteiger partial charge in [0, 0.05) is 31.9 Å². The number of nitrogens with zero attached hydrogens (tertiary/aromatic N) is 3. The molecule has 0 bridgehead atoms. The summed E-state index contributed by atoms with van der Waals surface area (Å²) in [6, 6.07) is 0.104. The fourth-order valence-corrected chi connectivity index (χ4v) is 2.81. The van der Waals surface area contributed by atoms with Gasteiger partial charge in [-0.1, -0.05) is 6.58 Å². The van der Waals surface area contributed by atoms with Crippen LogP contribution in [0.5, 0.6) is 0 Å². The monoisotopic (exact) mass is 328 g/mol. The van der Waals surface area contributed by atoms with Crippen molar-refractivity contribution in [3.63, 3.8) is 0 Å². The normalized spacial score (nSPS) is 17.0. The van der Waals surface area contributed by atoms with E-state index in [-0.39, 0.29) is 17.9 Å². The largest absolute Gasteiger partial charge is 0.364 e. The number of hydrogen-bond donors (Lipinski definition) is 3. The van der Waals surface area contributed by atoms with Crippen LogP contribution in [0.15, 0.2) is 25.0 Å². The minimum atomic E-state index is -0.182. The number of fused-ring (bicyclic) bond motifs is 1. The fourth-order valence-electron chi connectivity index (χ4n) is 2.81. The quantitative estimate of drug-likeness (QED) is 0.708. The number of carbonyl (C=O) groups is 2. The van der Waals surface area contributed by atoms with Crippen LogP contribution in [0.2, 0.25) is 0 Å². The standard InChI is InChI=1S/C16H20N6O2/c1-3-13(23)22-6-5-10(9-22)20-12-8-19-15-14(21-12)11(7-18-15)16(24)17-4-2/h3,7-8,10H,1,4-6,9H2,2H3,(H,17,24)(H,18,19)(H,20,21)/t10-/m0/s1. The van der Waals surface area contributed by atoms with Crippen molar-refractivity contribution in [1.82, 2.24) is 25.2 Å². The Morgan fingerprint density at radius 3 is 3.12 bits per heavy atom. The van der Waals surface area contributed by atoms with Gasteiger partial charge in [-0.15, -0.1) is 0 Å². The second kappa shape index (κ2) is 6.69. The Morgan fingerprint density at radius 1 is 1.54 bits per heavy atom. The maximum Gasteiger partial charge on any atom is 0.255 e. The Kier molecular flexibility index (Phi) is 4.45. The molecule has 2 aromatic heterocycles. The third-order valence-electron chi connectivity index (χ3n) is 3.99. The average Bonchev–Trinajstić information content (AvgIpc) is 3.21. The number of nitrogens with one attached hydrogen (secondary N) is 3. The van der Waals surface area contributed by atoms with Crippen molar-refractivity contribution in [3.05, 3.63) is 30.6 Å². The third kappa shape index (κ3) is 3.08. The third-order valence-corrected chi connectivity index (χ3v) is 3.99. The van der Waals surface area contributed by atoms with Crippen molar-refractivity contribution in [2.75, 3.05) is 25.0 Å². The summed E-state index contributed by atoms with van der Waals surface area (Å²) in [5.41, 5.74) is 1.57. The molecule has 8 heteroatoms. The lowest BCUT2D eigenvalue weighted by Crippen LogP contribution is -2.30. The molecule has 1 saturated heterocycles. The SMILES string of the molecule is C=CC(=O)N1CC[C@H](Nc2cnc3[nH]cc(C(=O)NCC)c3n2)C1. The molecule has 8 nitrogen and oxygen atoms in total. The van der Waals surface area contributed by atoms with Gasteiger partial charge >= 0.3 is 0 Å². The van der Waals surface area contributed by atoms with E-state index in [9.17, 15) is 9.59 Å². The number of anilines is 1. The van der Waals surface area contributed by atoms with Crippen LogP contribution in [-0.2, 0) is 4.79 Å². The molecule has 2 amide bonds. The highest BCUT2D eigenvalue weighted by atomic mass is 16.2. The van der Waals surface area contributed by atoms with Crippen LogP contribution < -0.4 is 10.6 Å². The molecule has 3 N–H and O–H groups in total. The van der Waals surface area contributed by atoms with Gasteiger partial charge in [0.1, 0.15) is 11.3 Å². The van der Waals surface area contributed by atoms with E-state index in [1.54, 1.807) is 17.3 Å². The summed E-state index contributed by atoms with van der Waals surface area (Å²) in [6.45, 7) is 7.20. The summed E-state index contributed by atoms with van der Waals surface area (Å²) in [6.07, 6.45) is 5.39. The predicted molar refractivity (Wildman–Crippen MR) is 90.7 cm³/mol. The van der Waals surface area contributed by atoms with Gasteiger partial charge in [-0.2, -0.15) is 0 Å². The van der Waals surface area contributed by atoms with Gasteiger partial charge in [-0.3, -0.25) is 9.59 Å². The highest BCUT2D eigenvalue weighted by Crippen LogP contribution is 2.19. The number of hydrogen-bond acceptors (Lipinski definition) is 5. The van der Waals surface area contributed by atoms with Crippen molar-refractivity contribution < 1.29 is 9.59 Å². The van der Waals surface area contributed by atoms with Crippen LogP contribution in [-0.4, -0.2) is 57.3 Å². The molecule has 0 spiro atoms. The van der Waals surface area contributed by atoms with Crippen LogP contribution in [0.4, 0.5) is 5.82 Å². The number of H-pyrrole nitrogens is 1. The van der Waals surface area contributed by atoms with Gasteiger partial charge in [0.05, 0.1) is 11.8 Å². The highest BCUT2D eigenvalue weighted by molar-refractivity contribution is 6.04. The molecule has 3 heterocycles. The fraction of sp³-hybridized carbons (Fsp3) is 0.375. The lowest BCUT2D eigenvalue weighted by atomic mass is 10.2. The summed E-state index contributed by atoms with van der Waals surface area (Å²) >= 11 is 0. The molecule has 0 unspecified atom stereocenters. The Labute approximate surface area is 139 Å². The van der Waals surface area contributed by atoms with E-state index in [1.807, 2.05) is 6.92 Å².